The van der Waals surface area contributed by atoms with Crippen molar-refractivity contribution in [2.45, 2.75) is 19.3 Å². The van der Waals surface area contributed by atoms with E-state index in [-0.39, 0.29) is 12.0 Å². The number of hydrogen-bond acceptors (Lipinski definition) is 3. The van der Waals surface area contributed by atoms with Gasteiger partial charge in [0.1, 0.15) is 5.82 Å². The molecule has 0 saturated carbocycles. The van der Waals surface area contributed by atoms with Gasteiger partial charge in [0, 0.05) is 24.7 Å². The summed E-state index contributed by atoms with van der Waals surface area (Å²) in [5.74, 6) is 0.828. The van der Waals surface area contributed by atoms with Gasteiger partial charge in [-0.15, -0.1) is 0 Å². The molecule has 3 nitrogen and oxygen atoms in total. The van der Waals surface area contributed by atoms with Crippen molar-refractivity contribution in [1.82, 2.24) is 4.98 Å². The zero-order chi connectivity index (χ0) is 15.4. The highest BCUT2D eigenvalue weighted by Crippen LogP contribution is 2.36. The van der Waals surface area contributed by atoms with Crippen LogP contribution in [0.25, 0.3) is 0 Å². The summed E-state index contributed by atoms with van der Waals surface area (Å²) in [7, 11) is 0. The van der Waals surface area contributed by atoms with E-state index in [4.69, 9.17) is 11.6 Å². The van der Waals surface area contributed by atoms with Crippen LogP contribution in [0.1, 0.15) is 18.4 Å². The lowest BCUT2D eigenvalue weighted by Crippen LogP contribution is -2.47. The normalized spacial score (nSPS) is 21.8. The molecular formula is C18H21ClN2O. The molecule has 2 aromatic rings. The van der Waals surface area contributed by atoms with Crippen LogP contribution < -0.4 is 4.90 Å². The van der Waals surface area contributed by atoms with Gasteiger partial charge >= 0.3 is 0 Å². The number of piperidine rings is 1. The number of halogens is 1. The molecule has 1 aliphatic rings. The summed E-state index contributed by atoms with van der Waals surface area (Å²) in [4.78, 5) is 6.63. The topological polar surface area (TPSA) is 36.4 Å². The van der Waals surface area contributed by atoms with Crippen LogP contribution >= 0.6 is 11.6 Å². The molecule has 0 bridgehead atoms. The first-order chi connectivity index (χ1) is 10.7. The van der Waals surface area contributed by atoms with Crippen LogP contribution in [0.15, 0.2) is 48.7 Å². The minimum atomic E-state index is -0.125. The standard InChI is InChI=1S/C18H21ClN2O/c19-16-8-4-10-20-17(16)21-11-5-9-18(13-21,14-22)12-15-6-2-1-3-7-15/h1-4,6-8,10,22H,5,9,11-14H2/t18-/m1/s1. The van der Waals surface area contributed by atoms with E-state index < -0.39 is 0 Å². The zero-order valence-electron chi connectivity index (χ0n) is 12.6. The Kier molecular flexibility index (Phi) is 4.65. The third-order valence-corrected chi connectivity index (χ3v) is 4.75. The van der Waals surface area contributed by atoms with Crippen molar-refractivity contribution in [3.05, 3.63) is 59.2 Å². The highest BCUT2D eigenvalue weighted by atomic mass is 35.5. The second-order valence-corrected chi connectivity index (χ2v) is 6.56. The lowest BCUT2D eigenvalue weighted by molar-refractivity contribution is 0.105. The Morgan fingerprint density at radius 3 is 2.73 bits per heavy atom. The van der Waals surface area contributed by atoms with Gasteiger partial charge in [-0.05, 0) is 37.0 Å². The number of benzene rings is 1. The molecule has 4 heteroatoms. The number of anilines is 1. The van der Waals surface area contributed by atoms with Crippen molar-refractivity contribution < 1.29 is 5.11 Å². The van der Waals surface area contributed by atoms with Crippen LogP contribution in [0.2, 0.25) is 5.02 Å². The Morgan fingerprint density at radius 2 is 2.00 bits per heavy atom. The molecule has 0 radical (unpaired) electrons. The maximum Gasteiger partial charge on any atom is 0.147 e. The summed E-state index contributed by atoms with van der Waals surface area (Å²) in [5.41, 5.74) is 1.14. The Labute approximate surface area is 136 Å². The quantitative estimate of drug-likeness (QED) is 0.937. The Morgan fingerprint density at radius 1 is 1.18 bits per heavy atom. The van der Waals surface area contributed by atoms with Crippen LogP contribution in [-0.4, -0.2) is 29.8 Å². The lowest BCUT2D eigenvalue weighted by Gasteiger charge is -2.42. The molecular weight excluding hydrogens is 296 g/mol. The van der Waals surface area contributed by atoms with Gasteiger partial charge in [0.05, 0.1) is 11.6 Å². The van der Waals surface area contributed by atoms with Gasteiger partial charge in [-0.1, -0.05) is 41.9 Å². The van der Waals surface area contributed by atoms with Gasteiger partial charge in [-0.2, -0.15) is 0 Å². The molecule has 0 spiro atoms. The summed E-state index contributed by atoms with van der Waals surface area (Å²) >= 11 is 6.29. The summed E-state index contributed by atoms with van der Waals surface area (Å²) in [6.07, 6.45) is 4.72. The highest BCUT2D eigenvalue weighted by molar-refractivity contribution is 6.32. The smallest absolute Gasteiger partial charge is 0.147 e. The number of aliphatic hydroxyl groups excluding tert-OH is 1. The molecule has 1 aromatic heterocycles. The van der Waals surface area contributed by atoms with Gasteiger partial charge in [-0.25, -0.2) is 4.98 Å². The predicted octanol–water partition coefficient (Wildman–Crippen LogP) is 3.56. The zero-order valence-corrected chi connectivity index (χ0v) is 13.3. The molecule has 1 fully saturated rings. The Bertz CT molecular complexity index is 619. The summed E-state index contributed by atoms with van der Waals surface area (Å²) in [6, 6.07) is 14.1. The van der Waals surface area contributed by atoms with Gasteiger partial charge in [0.2, 0.25) is 0 Å². The van der Waals surface area contributed by atoms with E-state index in [0.717, 1.165) is 38.2 Å². The van der Waals surface area contributed by atoms with Crippen molar-refractivity contribution in [3.63, 3.8) is 0 Å². The first-order valence-corrected chi connectivity index (χ1v) is 8.10. The largest absolute Gasteiger partial charge is 0.396 e. The number of rotatable bonds is 4. The summed E-state index contributed by atoms with van der Waals surface area (Å²) in [6.45, 7) is 1.91. The number of nitrogens with zero attached hydrogens (tertiary/aromatic N) is 2. The molecule has 3 rings (SSSR count). The monoisotopic (exact) mass is 316 g/mol. The van der Waals surface area contributed by atoms with Crippen LogP contribution in [0.4, 0.5) is 5.82 Å². The molecule has 0 amide bonds. The molecule has 0 unspecified atom stereocenters. The summed E-state index contributed by atoms with van der Waals surface area (Å²) < 4.78 is 0. The maximum absolute atomic E-state index is 10.1. The van der Waals surface area contributed by atoms with Crippen molar-refractivity contribution >= 4 is 17.4 Å². The van der Waals surface area contributed by atoms with Crippen molar-refractivity contribution in [2.24, 2.45) is 5.41 Å². The molecule has 116 valence electrons. The third kappa shape index (κ3) is 3.26. The van der Waals surface area contributed by atoms with E-state index in [1.54, 1.807) is 6.20 Å². The van der Waals surface area contributed by atoms with E-state index in [0.29, 0.717) is 5.02 Å². The first-order valence-electron chi connectivity index (χ1n) is 7.73. The van der Waals surface area contributed by atoms with Crippen LogP contribution in [0.5, 0.6) is 0 Å². The molecule has 1 atom stereocenters. The molecule has 1 saturated heterocycles. The Balaban J connectivity index is 1.82. The van der Waals surface area contributed by atoms with Crippen molar-refractivity contribution in [1.29, 1.82) is 0 Å². The average Bonchev–Trinajstić information content (AvgIpc) is 2.56. The Hall–Kier alpha value is -1.58. The maximum atomic E-state index is 10.1. The van der Waals surface area contributed by atoms with E-state index in [1.807, 2.05) is 18.2 Å². The number of aromatic nitrogens is 1. The van der Waals surface area contributed by atoms with Crippen LogP contribution in [0.3, 0.4) is 0 Å². The van der Waals surface area contributed by atoms with Crippen LogP contribution in [0, 0.1) is 5.41 Å². The van der Waals surface area contributed by atoms with Crippen LogP contribution in [-0.2, 0) is 6.42 Å². The fourth-order valence-electron chi connectivity index (χ4n) is 3.36. The number of pyridine rings is 1. The number of hydrogen-bond donors (Lipinski definition) is 1. The van der Waals surface area contributed by atoms with E-state index in [9.17, 15) is 5.11 Å². The van der Waals surface area contributed by atoms with Gasteiger partial charge in [-0.3, -0.25) is 0 Å². The average molecular weight is 317 g/mol. The summed E-state index contributed by atoms with van der Waals surface area (Å²) in [5, 5.41) is 10.7. The predicted molar refractivity (Wildman–Crippen MR) is 90.4 cm³/mol. The minimum Gasteiger partial charge on any atom is -0.396 e. The van der Waals surface area contributed by atoms with Crippen molar-refractivity contribution in [3.8, 4) is 0 Å². The molecule has 22 heavy (non-hydrogen) atoms. The van der Waals surface area contributed by atoms with Gasteiger partial charge in [0.15, 0.2) is 0 Å². The van der Waals surface area contributed by atoms with E-state index in [1.165, 1.54) is 5.56 Å². The van der Waals surface area contributed by atoms with E-state index >= 15 is 0 Å². The SMILES string of the molecule is OC[C@@]1(Cc2ccccc2)CCCN(c2ncccc2Cl)C1. The van der Waals surface area contributed by atoms with Crippen molar-refractivity contribution in [2.75, 3.05) is 24.6 Å². The lowest BCUT2D eigenvalue weighted by atomic mass is 9.75. The second-order valence-electron chi connectivity index (χ2n) is 6.15. The molecule has 1 aliphatic heterocycles. The first kappa shape index (κ1) is 15.3. The fraction of sp³-hybridized carbons (Fsp3) is 0.389. The fourth-order valence-corrected chi connectivity index (χ4v) is 3.60. The van der Waals surface area contributed by atoms with Gasteiger partial charge < -0.3 is 10.0 Å². The second kappa shape index (κ2) is 6.67. The third-order valence-electron chi connectivity index (χ3n) is 4.46. The molecule has 2 heterocycles. The van der Waals surface area contributed by atoms with Gasteiger partial charge in [0.25, 0.3) is 0 Å². The molecule has 1 N–H and O–H groups in total. The highest BCUT2D eigenvalue weighted by Gasteiger charge is 2.36. The molecule has 0 aliphatic carbocycles. The molecule has 1 aromatic carbocycles. The minimum absolute atomic E-state index is 0.125. The van der Waals surface area contributed by atoms with E-state index in [2.05, 4.69) is 34.1 Å². The number of aliphatic hydroxyl groups is 1.